The van der Waals surface area contributed by atoms with Gasteiger partial charge in [0.15, 0.2) is 11.6 Å². The van der Waals surface area contributed by atoms with Crippen LogP contribution in [0.2, 0.25) is 0 Å². The van der Waals surface area contributed by atoms with Gasteiger partial charge in [-0.15, -0.1) is 0 Å². The predicted octanol–water partition coefficient (Wildman–Crippen LogP) is 4.71. The number of aromatic nitrogens is 2. The lowest BCUT2D eigenvalue weighted by molar-refractivity contribution is -0.655. The number of aryl methyl sites for hydroxylation is 1. The highest BCUT2D eigenvalue weighted by molar-refractivity contribution is 7.98. The first kappa shape index (κ1) is 13.1. The Labute approximate surface area is 138 Å². The minimum absolute atomic E-state index is 0.970. The van der Waals surface area contributed by atoms with Crippen LogP contribution in [0.15, 0.2) is 65.8 Å². The Morgan fingerprint density at radius 3 is 2.52 bits per heavy atom. The molecule has 3 heteroatoms. The van der Waals surface area contributed by atoms with E-state index in [9.17, 15) is 0 Å². The average Bonchev–Trinajstić information content (AvgIpc) is 2.62. The van der Waals surface area contributed by atoms with Crippen molar-refractivity contribution >= 4 is 33.4 Å². The van der Waals surface area contributed by atoms with Gasteiger partial charge < -0.3 is 0 Å². The minimum Gasteiger partial charge on any atom is -0.265 e. The summed E-state index contributed by atoms with van der Waals surface area (Å²) in [6.45, 7) is 2.19. The summed E-state index contributed by atoms with van der Waals surface area (Å²) < 4.78 is 2.44. The number of hydrogen-bond donors (Lipinski definition) is 0. The van der Waals surface area contributed by atoms with Crippen LogP contribution in [-0.2, 0) is 5.88 Å². The third kappa shape index (κ3) is 1.83. The van der Waals surface area contributed by atoms with Gasteiger partial charge in [0.05, 0.1) is 5.39 Å². The quantitative estimate of drug-likeness (QED) is 0.373. The standard InChI is InChI=1S/C20H15N2S/c1-13-2-3-16-5-4-15-6-7-17(14-8-10-21-11-9-14)20-18(15)19(16)22(13)12-23-20/h2-11H,12H2,1H3/q+1. The highest BCUT2D eigenvalue weighted by atomic mass is 32.2. The van der Waals surface area contributed by atoms with Crippen LogP contribution in [0.1, 0.15) is 5.69 Å². The Kier molecular flexibility index (Phi) is 2.73. The molecule has 0 unspecified atom stereocenters. The highest BCUT2D eigenvalue weighted by Crippen LogP contribution is 2.42. The summed E-state index contributed by atoms with van der Waals surface area (Å²) in [5.41, 5.74) is 5.23. The molecular weight excluding hydrogens is 300 g/mol. The molecule has 0 aliphatic carbocycles. The summed E-state index contributed by atoms with van der Waals surface area (Å²) in [7, 11) is 0. The van der Waals surface area contributed by atoms with E-state index in [4.69, 9.17) is 0 Å². The number of nitrogens with zero attached hydrogens (tertiary/aromatic N) is 2. The monoisotopic (exact) mass is 315 g/mol. The third-order valence-corrected chi connectivity index (χ3v) is 5.77. The van der Waals surface area contributed by atoms with Crippen molar-refractivity contribution in [2.24, 2.45) is 0 Å². The zero-order valence-electron chi connectivity index (χ0n) is 12.8. The topological polar surface area (TPSA) is 16.8 Å². The number of pyridine rings is 2. The fourth-order valence-electron chi connectivity index (χ4n) is 3.49. The van der Waals surface area contributed by atoms with Gasteiger partial charge in [0.25, 0.3) is 0 Å². The van der Waals surface area contributed by atoms with E-state index < -0.39 is 0 Å². The van der Waals surface area contributed by atoms with Gasteiger partial charge in [0.1, 0.15) is 0 Å². The summed E-state index contributed by atoms with van der Waals surface area (Å²) >= 11 is 1.93. The van der Waals surface area contributed by atoms with Crippen LogP contribution < -0.4 is 4.57 Å². The van der Waals surface area contributed by atoms with Gasteiger partial charge in [0.2, 0.25) is 5.52 Å². The first-order chi connectivity index (χ1) is 11.3. The van der Waals surface area contributed by atoms with Crippen molar-refractivity contribution in [2.45, 2.75) is 17.7 Å². The van der Waals surface area contributed by atoms with Gasteiger partial charge in [-0.25, -0.2) is 0 Å². The fraction of sp³-hybridized carbons (Fsp3) is 0.100. The molecule has 2 aromatic heterocycles. The lowest BCUT2D eigenvalue weighted by Crippen LogP contribution is -2.38. The van der Waals surface area contributed by atoms with E-state index in [1.54, 1.807) is 0 Å². The maximum absolute atomic E-state index is 4.15. The second kappa shape index (κ2) is 4.80. The zero-order valence-corrected chi connectivity index (χ0v) is 13.6. The average molecular weight is 315 g/mol. The molecule has 2 aromatic carbocycles. The Balaban J connectivity index is 1.98. The second-order valence-corrected chi connectivity index (χ2v) is 6.91. The molecule has 0 N–H and O–H groups in total. The first-order valence-corrected chi connectivity index (χ1v) is 8.73. The van der Waals surface area contributed by atoms with Crippen molar-refractivity contribution in [3.05, 3.63) is 66.6 Å². The molecule has 0 amide bonds. The van der Waals surface area contributed by atoms with Crippen molar-refractivity contribution in [3.8, 4) is 11.1 Å². The van der Waals surface area contributed by atoms with Crippen LogP contribution in [0, 0.1) is 6.92 Å². The molecule has 0 saturated heterocycles. The van der Waals surface area contributed by atoms with Crippen LogP contribution >= 0.6 is 11.8 Å². The summed E-state index contributed by atoms with van der Waals surface area (Å²) in [6.07, 6.45) is 3.74. The van der Waals surface area contributed by atoms with Crippen molar-refractivity contribution in [2.75, 3.05) is 0 Å². The predicted molar refractivity (Wildman–Crippen MR) is 95.5 cm³/mol. The summed E-state index contributed by atoms with van der Waals surface area (Å²) in [4.78, 5) is 5.54. The molecule has 4 aromatic rings. The molecule has 0 atom stereocenters. The molecule has 0 bridgehead atoms. The summed E-state index contributed by atoms with van der Waals surface area (Å²) in [5, 5.41) is 4.02. The molecule has 0 fully saturated rings. The maximum Gasteiger partial charge on any atom is 0.222 e. The minimum atomic E-state index is 0.970. The Morgan fingerprint density at radius 2 is 1.65 bits per heavy atom. The molecule has 0 radical (unpaired) electrons. The normalized spacial score (nSPS) is 13.1. The van der Waals surface area contributed by atoms with Crippen molar-refractivity contribution < 1.29 is 4.57 Å². The summed E-state index contributed by atoms with van der Waals surface area (Å²) in [5.74, 6) is 0.970. The number of thioether (sulfide) groups is 1. The van der Waals surface area contributed by atoms with Crippen LogP contribution in [-0.4, -0.2) is 4.98 Å². The van der Waals surface area contributed by atoms with E-state index in [1.807, 2.05) is 24.2 Å². The van der Waals surface area contributed by atoms with Crippen LogP contribution in [0.3, 0.4) is 0 Å². The van der Waals surface area contributed by atoms with Crippen LogP contribution in [0.25, 0.3) is 32.8 Å². The van der Waals surface area contributed by atoms with Gasteiger partial charge in [-0.2, -0.15) is 4.57 Å². The smallest absolute Gasteiger partial charge is 0.222 e. The third-order valence-electron chi connectivity index (χ3n) is 4.67. The van der Waals surface area contributed by atoms with E-state index >= 15 is 0 Å². The number of hydrogen-bond acceptors (Lipinski definition) is 2. The highest BCUT2D eigenvalue weighted by Gasteiger charge is 2.25. The largest absolute Gasteiger partial charge is 0.265 e. The lowest BCUT2D eigenvalue weighted by atomic mass is 9.99. The van der Waals surface area contributed by atoms with Gasteiger partial charge in [-0.1, -0.05) is 30.0 Å². The van der Waals surface area contributed by atoms with Gasteiger partial charge in [-0.05, 0) is 40.8 Å². The number of benzene rings is 2. The van der Waals surface area contributed by atoms with Crippen molar-refractivity contribution in [3.63, 3.8) is 0 Å². The molecule has 1 aliphatic rings. The van der Waals surface area contributed by atoms with Gasteiger partial charge >= 0.3 is 0 Å². The summed E-state index contributed by atoms with van der Waals surface area (Å²) in [6, 6.07) is 17.6. The van der Waals surface area contributed by atoms with Crippen LogP contribution in [0.4, 0.5) is 0 Å². The molecule has 2 nitrogen and oxygen atoms in total. The Morgan fingerprint density at radius 1 is 0.913 bits per heavy atom. The molecule has 0 saturated carbocycles. The number of rotatable bonds is 1. The first-order valence-electron chi connectivity index (χ1n) is 7.75. The maximum atomic E-state index is 4.15. The zero-order chi connectivity index (χ0) is 15.4. The second-order valence-electron chi connectivity index (χ2n) is 5.96. The van der Waals surface area contributed by atoms with Crippen molar-refractivity contribution in [1.82, 2.24) is 4.98 Å². The fourth-order valence-corrected chi connectivity index (χ4v) is 4.78. The molecule has 110 valence electrons. The lowest BCUT2D eigenvalue weighted by Gasteiger charge is -2.18. The van der Waals surface area contributed by atoms with E-state index in [0.29, 0.717) is 0 Å². The van der Waals surface area contributed by atoms with Gasteiger partial charge in [0, 0.05) is 35.7 Å². The molecule has 0 spiro atoms. The Hall–Kier alpha value is -2.39. The molecule has 23 heavy (non-hydrogen) atoms. The van der Waals surface area contributed by atoms with Crippen molar-refractivity contribution in [1.29, 1.82) is 0 Å². The SMILES string of the molecule is Cc1ccc2ccc3ccc(-c4ccncc4)c4c3c2[n+]1CS4. The van der Waals surface area contributed by atoms with Crippen LogP contribution in [0.5, 0.6) is 0 Å². The van der Waals surface area contributed by atoms with E-state index in [1.165, 1.54) is 43.4 Å². The molecule has 3 heterocycles. The molecular formula is C20H15N2S+. The van der Waals surface area contributed by atoms with E-state index in [0.717, 1.165) is 5.88 Å². The van der Waals surface area contributed by atoms with E-state index in [2.05, 4.69) is 65.0 Å². The van der Waals surface area contributed by atoms with E-state index in [-0.39, 0.29) is 0 Å². The molecule has 5 rings (SSSR count). The van der Waals surface area contributed by atoms with Gasteiger partial charge in [-0.3, -0.25) is 4.98 Å². The Bertz CT molecular complexity index is 1070. The molecule has 1 aliphatic heterocycles.